The molecule has 0 atom stereocenters. The second-order valence-electron chi connectivity index (χ2n) is 4.99. The molecule has 0 saturated carbocycles. The molecule has 120 valence electrons. The van der Waals surface area contributed by atoms with Gasteiger partial charge in [-0.2, -0.15) is 13.2 Å². The minimum absolute atomic E-state index is 0.264. The number of thiazole rings is 1. The highest BCUT2D eigenvalue weighted by Gasteiger charge is 2.31. The van der Waals surface area contributed by atoms with Crippen LogP contribution in [0.15, 0.2) is 24.3 Å². The van der Waals surface area contributed by atoms with Gasteiger partial charge in [0.1, 0.15) is 5.01 Å². The summed E-state index contributed by atoms with van der Waals surface area (Å²) in [6.07, 6.45) is -5.06. The molecule has 1 heterocycles. The van der Waals surface area contributed by atoms with Crippen molar-refractivity contribution in [2.75, 3.05) is 0 Å². The lowest BCUT2D eigenvalue weighted by atomic mass is 10.1. The Bertz CT molecular complexity index is 643. The van der Waals surface area contributed by atoms with Gasteiger partial charge in [0.25, 0.3) is 5.92 Å². The van der Waals surface area contributed by atoms with Gasteiger partial charge in [-0.1, -0.05) is 19.1 Å². The van der Waals surface area contributed by atoms with E-state index in [1.54, 1.807) is 6.92 Å². The molecule has 0 aliphatic rings. The van der Waals surface area contributed by atoms with Gasteiger partial charge < -0.3 is 0 Å². The summed E-state index contributed by atoms with van der Waals surface area (Å²) in [5.41, 5.74) is 0.238. The molecule has 7 heteroatoms. The second-order valence-corrected chi connectivity index (χ2v) is 6.07. The zero-order valence-corrected chi connectivity index (χ0v) is 12.8. The number of aryl methyl sites for hydroxylation is 1. The molecule has 0 aliphatic heterocycles. The molecule has 1 aromatic heterocycles. The second kappa shape index (κ2) is 5.95. The van der Waals surface area contributed by atoms with Gasteiger partial charge in [0.05, 0.1) is 11.3 Å². The maximum atomic E-state index is 13.5. The van der Waals surface area contributed by atoms with E-state index in [9.17, 15) is 22.0 Å². The number of nitrogens with zero attached hydrogens (tertiary/aromatic N) is 1. The summed E-state index contributed by atoms with van der Waals surface area (Å²) < 4.78 is 64.5. The van der Waals surface area contributed by atoms with Crippen molar-refractivity contribution in [3.63, 3.8) is 0 Å². The molecule has 0 saturated heterocycles. The first kappa shape index (κ1) is 16.9. The van der Waals surface area contributed by atoms with E-state index in [4.69, 9.17) is 0 Å². The molecule has 0 spiro atoms. The SMILES string of the molecule is CCC(F)(F)Cc1sc(-c2ccc(C(F)(F)F)cc2)nc1C. The Balaban J connectivity index is 2.27. The maximum Gasteiger partial charge on any atom is 0.416 e. The Kier molecular flexibility index (Phi) is 4.56. The Labute approximate surface area is 128 Å². The van der Waals surface area contributed by atoms with Crippen LogP contribution in [-0.2, 0) is 12.6 Å². The van der Waals surface area contributed by atoms with Crippen LogP contribution in [0.3, 0.4) is 0 Å². The Morgan fingerprint density at radius 2 is 1.64 bits per heavy atom. The number of aromatic nitrogens is 1. The van der Waals surface area contributed by atoms with E-state index in [1.807, 2.05) is 0 Å². The third kappa shape index (κ3) is 3.82. The first-order valence-electron chi connectivity index (χ1n) is 6.64. The molecule has 0 radical (unpaired) electrons. The summed E-state index contributed by atoms with van der Waals surface area (Å²) in [5, 5.41) is 0.452. The highest BCUT2D eigenvalue weighted by Crippen LogP contribution is 2.35. The van der Waals surface area contributed by atoms with Crippen LogP contribution in [0, 0.1) is 6.92 Å². The quantitative estimate of drug-likeness (QED) is 0.651. The first-order chi connectivity index (χ1) is 10.1. The van der Waals surface area contributed by atoms with Crippen molar-refractivity contribution in [1.82, 2.24) is 4.98 Å². The zero-order chi connectivity index (χ0) is 16.5. The molecule has 1 aromatic carbocycles. The van der Waals surface area contributed by atoms with Crippen LogP contribution >= 0.6 is 11.3 Å². The highest BCUT2D eigenvalue weighted by molar-refractivity contribution is 7.15. The van der Waals surface area contributed by atoms with Crippen LogP contribution < -0.4 is 0 Å². The lowest BCUT2D eigenvalue weighted by Gasteiger charge is -2.12. The van der Waals surface area contributed by atoms with Crippen LogP contribution in [-0.4, -0.2) is 10.9 Å². The normalized spacial score (nSPS) is 12.7. The lowest BCUT2D eigenvalue weighted by Crippen LogP contribution is -2.17. The summed E-state index contributed by atoms with van der Waals surface area (Å²) in [7, 11) is 0. The number of hydrogen-bond donors (Lipinski definition) is 0. The molecule has 2 rings (SSSR count). The van der Waals surface area contributed by atoms with E-state index >= 15 is 0 Å². The molecule has 0 bridgehead atoms. The van der Waals surface area contributed by atoms with Crippen molar-refractivity contribution in [3.05, 3.63) is 40.4 Å². The largest absolute Gasteiger partial charge is 0.416 e. The molecule has 0 aliphatic carbocycles. The molecular formula is C15H14F5NS. The summed E-state index contributed by atoms with van der Waals surface area (Å²) in [6, 6.07) is 4.55. The van der Waals surface area contributed by atoms with Crippen molar-refractivity contribution in [2.24, 2.45) is 0 Å². The van der Waals surface area contributed by atoms with E-state index < -0.39 is 24.1 Å². The summed E-state index contributed by atoms with van der Waals surface area (Å²) in [5.74, 6) is -2.80. The van der Waals surface area contributed by atoms with Crippen molar-refractivity contribution in [2.45, 2.75) is 38.8 Å². The van der Waals surface area contributed by atoms with Crippen LogP contribution in [0.4, 0.5) is 22.0 Å². The fourth-order valence-corrected chi connectivity index (χ4v) is 3.02. The first-order valence-corrected chi connectivity index (χ1v) is 7.46. The predicted molar refractivity (Wildman–Crippen MR) is 76.2 cm³/mol. The van der Waals surface area contributed by atoms with E-state index in [-0.39, 0.29) is 6.42 Å². The molecule has 0 amide bonds. The zero-order valence-electron chi connectivity index (χ0n) is 12.0. The summed E-state index contributed by atoms with van der Waals surface area (Å²) in [4.78, 5) is 4.66. The predicted octanol–water partition coefficient (Wildman–Crippen LogP) is 5.73. The van der Waals surface area contributed by atoms with Gasteiger partial charge in [0, 0.05) is 23.3 Å². The van der Waals surface area contributed by atoms with Crippen LogP contribution in [0.2, 0.25) is 0 Å². The Hall–Kier alpha value is -1.50. The monoisotopic (exact) mass is 335 g/mol. The van der Waals surface area contributed by atoms with E-state index in [2.05, 4.69) is 4.98 Å². The summed E-state index contributed by atoms with van der Waals surface area (Å²) >= 11 is 1.10. The number of rotatable bonds is 4. The number of halogens is 5. The smallest absolute Gasteiger partial charge is 0.241 e. The number of alkyl halides is 5. The average Bonchev–Trinajstić information content (AvgIpc) is 2.79. The third-order valence-electron chi connectivity index (χ3n) is 3.29. The average molecular weight is 335 g/mol. The van der Waals surface area contributed by atoms with Gasteiger partial charge in [0.15, 0.2) is 0 Å². The molecule has 22 heavy (non-hydrogen) atoms. The fourth-order valence-electron chi connectivity index (χ4n) is 1.88. The van der Waals surface area contributed by atoms with Gasteiger partial charge in [-0.15, -0.1) is 11.3 Å². The van der Waals surface area contributed by atoms with Crippen molar-refractivity contribution < 1.29 is 22.0 Å². The van der Waals surface area contributed by atoms with Crippen molar-refractivity contribution >= 4 is 11.3 Å². The minimum atomic E-state index is -4.40. The van der Waals surface area contributed by atoms with E-state index in [0.29, 0.717) is 21.1 Å². The van der Waals surface area contributed by atoms with E-state index in [0.717, 1.165) is 23.5 Å². The topological polar surface area (TPSA) is 12.9 Å². The molecule has 0 unspecified atom stereocenters. The minimum Gasteiger partial charge on any atom is -0.241 e. The van der Waals surface area contributed by atoms with Gasteiger partial charge in [-0.05, 0) is 19.1 Å². The van der Waals surface area contributed by atoms with Crippen LogP contribution in [0.1, 0.15) is 29.5 Å². The Morgan fingerprint density at radius 3 is 2.14 bits per heavy atom. The van der Waals surface area contributed by atoms with Crippen molar-refractivity contribution in [1.29, 1.82) is 0 Å². The Morgan fingerprint density at radius 1 is 1.05 bits per heavy atom. The number of benzene rings is 1. The van der Waals surface area contributed by atoms with Gasteiger partial charge in [-0.25, -0.2) is 13.8 Å². The molecule has 0 N–H and O–H groups in total. The maximum absolute atomic E-state index is 13.5. The fraction of sp³-hybridized carbons (Fsp3) is 0.400. The standard InChI is InChI=1S/C15H14F5NS/c1-3-14(16,17)8-12-9(2)21-13(22-12)10-4-6-11(7-5-10)15(18,19)20/h4-7H,3,8H2,1-2H3. The van der Waals surface area contributed by atoms with Gasteiger partial charge in [0.2, 0.25) is 0 Å². The molecular weight excluding hydrogens is 321 g/mol. The van der Waals surface area contributed by atoms with Crippen molar-refractivity contribution in [3.8, 4) is 10.6 Å². The lowest BCUT2D eigenvalue weighted by molar-refractivity contribution is -0.137. The van der Waals surface area contributed by atoms with E-state index in [1.165, 1.54) is 19.1 Å². The molecule has 0 fully saturated rings. The van der Waals surface area contributed by atoms with Gasteiger partial charge in [-0.3, -0.25) is 0 Å². The number of hydrogen-bond acceptors (Lipinski definition) is 2. The van der Waals surface area contributed by atoms with Gasteiger partial charge >= 0.3 is 6.18 Å². The summed E-state index contributed by atoms with van der Waals surface area (Å²) in [6.45, 7) is 3.04. The van der Waals surface area contributed by atoms with Crippen LogP contribution in [0.25, 0.3) is 10.6 Å². The van der Waals surface area contributed by atoms with Crippen LogP contribution in [0.5, 0.6) is 0 Å². The molecule has 1 nitrogen and oxygen atoms in total. The molecule has 2 aromatic rings. The highest BCUT2D eigenvalue weighted by atomic mass is 32.1. The third-order valence-corrected chi connectivity index (χ3v) is 4.49.